The molecule has 128 valence electrons. The van der Waals surface area contributed by atoms with Gasteiger partial charge in [-0.25, -0.2) is 4.39 Å². The van der Waals surface area contributed by atoms with Gasteiger partial charge in [-0.1, -0.05) is 0 Å². The first-order chi connectivity index (χ1) is 10.7. The minimum Gasteiger partial charge on any atom is -0.398 e. The second kappa shape index (κ2) is 6.75. The number of halogens is 1. The molecule has 0 saturated carbocycles. The van der Waals surface area contributed by atoms with Crippen LogP contribution in [0, 0.1) is 0 Å². The van der Waals surface area contributed by atoms with E-state index in [-0.39, 0.29) is 0 Å². The standard InChI is InChI=1S/C16H26BFN2O3/c1-7-21-9-8-13(12-10-19-20(6)11-12)14(18)17-22-15(2,3)16(4,5)23-17/h10-11H,7-9H2,1-6H3. The highest BCUT2D eigenvalue weighted by Crippen LogP contribution is 2.40. The Labute approximate surface area is 137 Å². The smallest absolute Gasteiger partial charge is 0.398 e. The van der Waals surface area contributed by atoms with Crippen molar-refractivity contribution in [3.8, 4) is 0 Å². The average molecular weight is 324 g/mol. The number of aromatic nitrogens is 2. The van der Waals surface area contributed by atoms with Gasteiger partial charge in [0.05, 0.1) is 24.0 Å². The van der Waals surface area contributed by atoms with Gasteiger partial charge >= 0.3 is 7.12 Å². The molecule has 0 aromatic carbocycles. The van der Waals surface area contributed by atoms with Gasteiger partial charge in [-0.2, -0.15) is 5.10 Å². The maximum absolute atomic E-state index is 15.1. The van der Waals surface area contributed by atoms with E-state index in [2.05, 4.69) is 5.10 Å². The van der Waals surface area contributed by atoms with Gasteiger partial charge < -0.3 is 14.0 Å². The summed E-state index contributed by atoms with van der Waals surface area (Å²) in [6, 6.07) is 0. The molecule has 0 radical (unpaired) electrons. The van der Waals surface area contributed by atoms with Gasteiger partial charge in [0.15, 0.2) is 0 Å². The molecule has 0 unspecified atom stereocenters. The van der Waals surface area contributed by atoms with E-state index in [1.165, 1.54) is 0 Å². The summed E-state index contributed by atoms with van der Waals surface area (Å²) in [5.74, 6) is 0. The molecule has 23 heavy (non-hydrogen) atoms. The van der Waals surface area contributed by atoms with E-state index < -0.39 is 24.0 Å². The molecular weight excluding hydrogens is 298 g/mol. The fourth-order valence-electron chi connectivity index (χ4n) is 2.39. The van der Waals surface area contributed by atoms with Crippen LogP contribution in [0.3, 0.4) is 0 Å². The minimum atomic E-state index is -1.00. The Kier molecular flexibility index (Phi) is 5.33. The van der Waals surface area contributed by atoms with Gasteiger partial charge in [-0.15, -0.1) is 0 Å². The molecule has 0 bridgehead atoms. The number of rotatable bonds is 6. The average Bonchev–Trinajstić information content (AvgIpc) is 2.96. The lowest BCUT2D eigenvalue weighted by Gasteiger charge is -2.32. The molecule has 0 amide bonds. The van der Waals surface area contributed by atoms with Crippen molar-refractivity contribution in [1.29, 1.82) is 0 Å². The fraction of sp³-hybridized carbons (Fsp3) is 0.688. The Morgan fingerprint density at radius 1 is 1.30 bits per heavy atom. The Bertz CT molecular complexity index is 568. The molecule has 1 aliphatic heterocycles. The molecule has 0 spiro atoms. The van der Waals surface area contributed by atoms with Crippen molar-refractivity contribution in [2.24, 2.45) is 7.05 Å². The summed E-state index contributed by atoms with van der Waals surface area (Å²) in [7, 11) is 0.799. The SMILES string of the molecule is CCOCCC(=C(F)B1OC(C)(C)C(C)(C)O1)c1cnn(C)c1. The summed E-state index contributed by atoms with van der Waals surface area (Å²) < 4.78 is 33.8. The van der Waals surface area contributed by atoms with Gasteiger partial charge in [0.2, 0.25) is 0 Å². The molecule has 0 aliphatic carbocycles. The molecule has 1 aliphatic rings. The van der Waals surface area contributed by atoms with Crippen molar-refractivity contribution in [1.82, 2.24) is 9.78 Å². The van der Waals surface area contributed by atoms with Crippen LogP contribution in [-0.2, 0) is 21.1 Å². The maximum atomic E-state index is 15.1. The summed E-state index contributed by atoms with van der Waals surface area (Å²) in [4.78, 5) is 0. The molecule has 0 N–H and O–H groups in total. The van der Waals surface area contributed by atoms with Crippen LogP contribution in [0.4, 0.5) is 4.39 Å². The lowest BCUT2D eigenvalue weighted by atomic mass is 9.82. The highest BCUT2D eigenvalue weighted by Gasteiger charge is 2.53. The number of ether oxygens (including phenoxy) is 1. The maximum Gasteiger partial charge on any atom is 0.525 e. The number of hydrogen-bond donors (Lipinski definition) is 0. The van der Waals surface area contributed by atoms with Crippen molar-refractivity contribution >= 4 is 12.7 Å². The first-order valence-corrected chi connectivity index (χ1v) is 7.99. The van der Waals surface area contributed by atoms with Crippen molar-refractivity contribution in [3.05, 3.63) is 23.7 Å². The van der Waals surface area contributed by atoms with Gasteiger partial charge in [-0.3, -0.25) is 4.68 Å². The molecule has 1 aromatic heterocycles. The van der Waals surface area contributed by atoms with E-state index in [1.54, 1.807) is 24.1 Å². The van der Waals surface area contributed by atoms with Crippen molar-refractivity contribution in [3.63, 3.8) is 0 Å². The Balaban J connectivity index is 2.30. The molecule has 7 heteroatoms. The van der Waals surface area contributed by atoms with Crippen LogP contribution in [0.15, 0.2) is 18.1 Å². The second-order valence-corrected chi connectivity index (χ2v) is 6.76. The minimum absolute atomic E-state index is 0.406. The van der Waals surface area contributed by atoms with Gasteiger partial charge in [0, 0.05) is 25.4 Å². The van der Waals surface area contributed by atoms with E-state index in [9.17, 15) is 0 Å². The van der Waals surface area contributed by atoms with Crippen LogP contribution in [0.25, 0.3) is 5.57 Å². The lowest BCUT2D eigenvalue weighted by molar-refractivity contribution is 0.00578. The zero-order chi connectivity index (χ0) is 17.3. The second-order valence-electron chi connectivity index (χ2n) is 6.76. The van der Waals surface area contributed by atoms with Gasteiger partial charge in [-0.05, 0) is 46.6 Å². The fourth-order valence-corrected chi connectivity index (χ4v) is 2.39. The predicted octanol–water partition coefficient (Wildman–Crippen LogP) is 3.16. The molecular formula is C16H26BFN2O3. The highest BCUT2D eigenvalue weighted by atomic mass is 19.1. The third-order valence-corrected chi connectivity index (χ3v) is 4.50. The molecule has 2 heterocycles. The van der Waals surface area contributed by atoms with Crippen LogP contribution < -0.4 is 0 Å². The van der Waals surface area contributed by atoms with Gasteiger partial charge in [0.1, 0.15) is 5.73 Å². The summed E-state index contributed by atoms with van der Waals surface area (Å²) in [6.07, 6.45) is 3.87. The third-order valence-electron chi connectivity index (χ3n) is 4.50. The number of aryl methyl sites for hydroxylation is 1. The van der Waals surface area contributed by atoms with Crippen LogP contribution >= 0.6 is 0 Å². The van der Waals surface area contributed by atoms with Crippen LogP contribution in [-0.4, -0.2) is 41.3 Å². The number of nitrogens with zero attached hydrogens (tertiary/aromatic N) is 2. The lowest BCUT2D eigenvalue weighted by Crippen LogP contribution is -2.41. The monoisotopic (exact) mass is 324 g/mol. The Morgan fingerprint density at radius 3 is 2.39 bits per heavy atom. The van der Waals surface area contributed by atoms with E-state index >= 15 is 4.39 Å². The first kappa shape index (κ1) is 18.2. The summed E-state index contributed by atoms with van der Waals surface area (Å²) in [5.41, 5.74) is -0.315. The number of hydrogen-bond acceptors (Lipinski definition) is 4. The van der Waals surface area contributed by atoms with Crippen LogP contribution in [0.1, 0.15) is 46.6 Å². The predicted molar refractivity (Wildman–Crippen MR) is 88.4 cm³/mol. The largest absolute Gasteiger partial charge is 0.525 e. The van der Waals surface area contributed by atoms with E-state index in [1.807, 2.05) is 34.6 Å². The normalized spacial score (nSPS) is 20.7. The Morgan fingerprint density at radius 2 is 1.91 bits per heavy atom. The molecule has 1 saturated heterocycles. The van der Waals surface area contributed by atoms with Crippen LogP contribution in [0.5, 0.6) is 0 Å². The highest BCUT2D eigenvalue weighted by molar-refractivity contribution is 6.55. The Hall–Kier alpha value is -1.18. The first-order valence-electron chi connectivity index (χ1n) is 7.99. The topological polar surface area (TPSA) is 45.5 Å². The summed E-state index contributed by atoms with van der Waals surface area (Å²) >= 11 is 0. The zero-order valence-corrected chi connectivity index (χ0v) is 14.9. The van der Waals surface area contributed by atoms with Crippen molar-refractivity contribution < 1.29 is 18.4 Å². The van der Waals surface area contributed by atoms with E-state index in [4.69, 9.17) is 14.0 Å². The molecule has 0 atom stereocenters. The van der Waals surface area contributed by atoms with Crippen LogP contribution in [0.2, 0.25) is 0 Å². The van der Waals surface area contributed by atoms with E-state index in [0.29, 0.717) is 25.2 Å². The summed E-state index contributed by atoms with van der Waals surface area (Å²) in [6.45, 7) is 10.6. The van der Waals surface area contributed by atoms with Gasteiger partial charge in [0.25, 0.3) is 0 Å². The zero-order valence-electron chi connectivity index (χ0n) is 14.9. The van der Waals surface area contributed by atoms with Crippen molar-refractivity contribution in [2.45, 2.75) is 52.2 Å². The molecule has 2 rings (SSSR count). The molecule has 1 fully saturated rings. The molecule has 1 aromatic rings. The molecule has 5 nitrogen and oxygen atoms in total. The summed E-state index contributed by atoms with van der Waals surface area (Å²) in [5, 5.41) is 4.13. The third kappa shape index (κ3) is 3.84. The van der Waals surface area contributed by atoms with E-state index in [0.717, 1.165) is 5.56 Å². The quantitative estimate of drug-likeness (QED) is 0.596. The van der Waals surface area contributed by atoms with Crippen molar-refractivity contribution in [2.75, 3.05) is 13.2 Å².